The maximum Gasteiger partial charge on any atom is 0.0211 e. The Morgan fingerprint density at radius 3 is 1.52 bits per heavy atom. The van der Waals surface area contributed by atoms with E-state index in [1.54, 1.807) is 0 Å². The smallest absolute Gasteiger partial charge is 0.0211 e. The molecule has 0 aliphatic heterocycles. The van der Waals surface area contributed by atoms with Crippen LogP contribution in [0.25, 0.3) is 0 Å². The minimum Gasteiger partial charge on any atom is -0.325 e. The first-order valence-electron chi connectivity index (χ1n) is 13.8. The Kier molecular flexibility index (Phi) is 14.6. The summed E-state index contributed by atoms with van der Waals surface area (Å²) in [6.07, 6.45) is 29.1. The first kappa shape index (κ1) is 27.0. The highest BCUT2D eigenvalue weighted by atomic mass is 14.8. The van der Waals surface area contributed by atoms with E-state index in [1.807, 2.05) is 0 Å². The lowest BCUT2D eigenvalue weighted by molar-refractivity contribution is 0.0153. The van der Waals surface area contributed by atoms with Gasteiger partial charge in [-0.3, -0.25) is 0 Å². The van der Waals surface area contributed by atoms with Gasteiger partial charge in [-0.05, 0) is 30.6 Å². The van der Waals surface area contributed by atoms with Crippen LogP contribution in [0, 0.1) is 11.3 Å². The zero-order valence-corrected chi connectivity index (χ0v) is 21.0. The van der Waals surface area contributed by atoms with Gasteiger partial charge in [0.15, 0.2) is 0 Å². The molecule has 1 saturated carbocycles. The first-order valence-corrected chi connectivity index (χ1v) is 13.8. The second kappa shape index (κ2) is 15.7. The van der Waals surface area contributed by atoms with E-state index in [-0.39, 0.29) is 5.54 Å². The van der Waals surface area contributed by atoms with Crippen molar-refractivity contribution in [2.45, 2.75) is 168 Å². The van der Waals surface area contributed by atoms with Crippen LogP contribution in [0.5, 0.6) is 0 Å². The third-order valence-corrected chi connectivity index (χ3v) is 8.51. The lowest BCUT2D eigenvalue weighted by Gasteiger charge is -2.53. The fourth-order valence-corrected chi connectivity index (χ4v) is 5.92. The second-order valence-corrected chi connectivity index (χ2v) is 10.8. The molecular weight excluding hydrogens is 350 g/mol. The summed E-state index contributed by atoms with van der Waals surface area (Å²) < 4.78 is 0. The number of hydrogen-bond acceptors (Lipinski definition) is 1. The van der Waals surface area contributed by atoms with Crippen LogP contribution in [0.2, 0.25) is 0 Å². The van der Waals surface area contributed by atoms with Crippen molar-refractivity contribution in [2.75, 3.05) is 0 Å². The largest absolute Gasteiger partial charge is 0.325 e. The molecule has 1 aliphatic carbocycles. The molecule has 174 valence electrons. The van der Waals surface area contributed by atoms with Crippen LogP contribution in [0.4, 0.5) is 0 Å². The zero-order valence-electron chi connectivity index (χ0n) is 21.0. The summed E-state index contributed by atoms with van der Waals surface area (Å²) in [5, 5.41) is 0. The van der Waals surface area contributed by atoms with Gasteiger partial charge in [-0.15, -0.1) is 0 Å². The highest BCUT2D eigenvalue weighted by Gasteiger charge is 2.48. The molecule has 1 aliphatic rings. The van der Waals surface area contributed by atoms with E-state index in [9.17, 15) is 0 Å². The molecule has 0 heterocycles. The number of rotatable bonds is 18. The van der Waals surface area contributed by atoms with Crippen LogP contribution in [0.3, 0.4) is 0 Å². The minimum absolute atomic E-state index is 0.0679. The molecule has 3 atom stereocenters. The summed E-state index contributed by atoms with van der Waals surface area (Å²) in [5.74, 6) is 0.792. The van der Waals surface area contributed by atoms with Gasteiger partial charge in [0.2, 0.25) is 0 Å². The van der Waals surface area contributed by atoms with Crippen LogP contribution in [-0.4, -0.2) is 5.54 Å². The molecule has 0 saturated heterocycles. The van der Waals surface area contributed by atoms with Gasteiger partial charge >= 0.3 is 0 Å². The molecule has 29 heavy (non-hydrogen) atoms. The maximum atomic E-state index is 7.34. The summed E-state index contributed by atoms with van der Waals surface area (Å²) >= 11 is 0. The molecule has 1 rings (SSSR count). The van der Waals surface area contributed by atoms with E-state index in [0.29, 0.717) is 5.41 Å². The molecule has 0 spiro atoms. The average Bonchev–Trinajstić information content (AvgIpc) is 2.71. The van der Waals surface area contributed by atoms with Gasteiger partial charge < -0.3 is 5.73 Å². The van der Waals surface area contributed by atoms with E-state index in [1.165, 1.54) is 135 Å². The van der Waals surface area contributed by atoms with Crippen molar-refractivity contribution in [3.8, 4) is 0 Å². The Morgan fingerprint density at radius 1 is 0.690 bits per heavy atom. The number of nitrogens with two attached hydrogens (primary N) is 1. The second-order valence-electron chi connectivity index (χ2n) is 10.8. The van der Waals surface area contributed by atoms with Gasteiger partial charge in [0.05, 0.1) is 0 Å². The fraction of sp³-hybridized carbons (Fsp3) is 1.00. The number of unbranched alkanes of at least 4 members (excludes halogenated alkanes) is 13. The van der Waals surface area contributed by atoms with Crippen molar-refractivity contribution in [2.24, 2.45) is 17.1 Å². The molecule has 0 aromatic heterocycles. The molecule has 2 N–H and O–H groups in total. The van der Waals surface area contributed by atoms with Crippen molar-refractivity contribution in [3.05, 3.63) is 0 Å². The molecular formula is C28H57N. The lowest BCUT2D eigenvalue weighted by atomic mass is 9.55. The van der Waals surface area contributed by atoms with Gasteiger partial charge in [0.1, 0.15) is 0 Å². The monoisotopic (exact) mass is 407 g/mol. The molecule has 0 aromatic carbocycles. The summed E-state index contributed by atoms with van der Waals surface area (Å²) in [4.78, 5) is 0. The molecule has 1 nitrogen and oxygen atoms in total. The summed E-state index contributed by atoms with van der Waals surface area (Å²) in [5.41, 5.74) is 7.76. The molecule has 1 heteroatoms. The fourth-order valence-electron chi connectivity index (χ4n) is 5.92. The van der Waals surface area contributed by atoms with Crippen molar-refractivity contribution in [3.63, 3.8) is 0 Å². The molecule has 0 amide bonds. The molecule has 2 unspecified atom stereocenters. The Balaban J connectivity index is 2.46. The van der Waals surface area contributed by atoms with Crippen LogP contribution in [0.15, 0.2) is 0 Å². The molecule has 0 bridgehead atoms. The van der Waals surface area contributed by atoms with Crippen molar-refractivity contribution in [1.29, 1.82) is 0 Å². The third-order valence-electron chi connectivity index (χ3n) is 8.51. The van der Waals surface area contributed by atoms with E-state index in [0.717, 1.165) is 5.92 Å². The van der Waals surface area contributed by atoms with Gasteiger partial charge in [-0.2, -0.15) is 0 Å². The van der Waals surface area contributed by atoms with Gasteiger partial charge in [0.25, 0.3) is 0 Å². The Bertz CT molecular complexity index is 379. The van der Waals surface area contributed by atoms with Gasteiger partial charge in [-0.1, -0.05) is 143 Å². The topological polar surface area (TPSA) is 26.0 Å². The number of hydrogen-bond donors (Lipinski definition) is 1. The summed E-state index contributed by atoms with van der Waals surface area (Å²) in [6, 6.07) is 0. The van der Waals surface area contributed by atoms with Crippen LogP contribution < -0.4 is 5.73 Å². The van der Waals surface area contributed by atoms with Crippen LogP contribution in [0.1, 0.15) is 163 Å². The zero-order chi connectivity index (χ0) is 21.4. The Morgan fingerprint density at radius 2 is 1.10 bits per heavy atom. The highest BCUT2D eigenvalue weighted by molar-refractivity contribution is 5.03. The molecule has 1 fully saturated rings. The molecule has 0 radical (unpaired) electrons. The van der Waals surface area contributed by atoms with E-state index < -0.39 is 0 Å². The predicted molar refractivity (Wildman–Crippen MR) is 132 cm³/mol. The predicted octanol–water partition coefficient (Wildman–Crippen LogP) is 9.57. The van der Waals surface area contributed by atoms with Gasteiger partial charge in [0, 0.05) is 5.54 Å². The summed E-state index contributed by atoms with van der Waals surface area (Å²) in [6.45, 7) is 9.67. The Hall–Kier alpha value is -0.0400. The average molecular weight is 408 g/mol. The SMILES string of the molecule is CCCCCCCCCCC(N)(CCCCCCCCC)[C@@]1(C)CCCCC1C. The van der Waals surface area contributed by atoms with E-state index in [2.05, 4.69) is 27.7 Å². The van der Waals surface area contributed by atoms with Crippen molar-refractivity contribution >= 4 is 0 Å². The lowest BCUT2D eigenvalue weighted by Crippen LogP contribution is -2.57. The maximum absolute atomic E-state index is 7.34. The highest BCUT2D eigenvalue weighted by Crippen LogP contribution is 2.51. The standard InChI is InChI=1S/C28H57N/c1-5-7-9-11-13-15-17-20-25-28(29,24-19-16-14-12-10-8-6-2)27(4)23-21-18-22-26(27)3/h26H,5-25,29H2,1-4H3/t26?,27-,28?/m0/s1. The molecule has 0 aromatic rings. The summed E-state index contributed by atoms with van der Waals surface area (Å²) in [7, 11) is 0. The Labute approximate surface area is 185 Å². The van der Waals surface area contributed by atoms with Crippen molar-refractivity contribution in [1.82, 2.24) is 0 Å². The van der Waals surface area contributed by atoms with Crippen LogP contribution >= 0.6 is 0 Å². The third kappa shape index (κ3) is 9.75. The van der Waals surface area contributed by atoms with E-state index >= 15 is 0 Å². The van der Waals surface area contributed by atoms with Gasteiger partial charge in [-0.25, -0.2) is 0 Å². The van der Waals surface area contributed by atoms with E-state index in [4.69, 9.17) is 5.73 Å². The minimum atomic E-state index is 0.0679. The van der Waals surface area contributed by atoms with Crippen LogP contribution in [-0.2, 0) is 0 Å². The quantitative estimate of drug-likeness (QED) is 0.225. The first-order chi connectivity index (χ1) is 14.0. The normalized spacial score (nSPS) is 24.5. The van der Waals surface area contributed by atoms with Crippen molar-refractivity contribution < 1.29 is 0 Å².